The summed E-state index contributed by atoms with van der Waals surface area (Å²) in [6.45, 7) is 9.66. The molecule has 0 heterocycles. The van der Waals surface area contributed by atoms with Crippen molar-refractivity contribution in [2.75, 3.05) is 0 Å². The molecule has 0 spiro atoms. The van der Waals surface area contributed by atoms with E-state index in [2.05, 4.69) is 152 Å². The molecule has 0 radical (unpaired) electrons. The summed E-state index contributed by atoms with van der Waals surface area (Å²) in [6.07, 6.45) is 2.54. The Bertz CT molecular complexity index is 2000. The fourth-order valence-electron chi connectivity index (χ4n) is 8.63. The molecule has 0 amide bonds. The summed E-state index contributed by atoms with van der Waals surface area (Å²) < 4.78 is 6.52. The summed E-state index contributed by atoms with van der Waals surface area (Å²) in [7, 11) is 0. The molecule has 2 atom stereocenters. The fourth-order valence-corrected chi connectivity index (χ4v) is 29.9. The molecule has 2 heteroatoms. The molecule has 2 unspecified atom stereocenters. The van der Waals surface area contributed by atoms with Gasteiger partial charge < -0.3 is 0 Å². The van der Waals surface area contributed by atoms with Gasteiger partial charge in [0.15, 0.2) is 0 Å². The topological polar surface area (TPSA) is 0 Å². The third kappa shape index (κ3) is 4.02. The summed E-state index contributed by atoms with van der Waals surface area (Å²) >= 11 is -3.60. The number of hydrogen-bond acceptors (Lipinski definition) is 0. The zero-order valence-corrected chi connectivity index (χ0v) is 28.7. The van der Waals surface area contributed by atoms with Gasteiger partial charge in [0.05, 0.1) is 0 Å². The summed E-state index contributed by atoms with van der Waals surface area (Å²) in [6, 6.07) is 40.7. The predicted octanol–water partition coefficient (Wildman–Crippen LogP) is 10.5. The second-order valence-electron chi connectivity index (χ2n) is 13.5. The zero-order chi connectivity index (χ0) is 28.5. The predicted molar refractivity (Wildman–Crippen MR) is 179 cm³/mol. The van der Waals surface area contributed by atoms with E-state index >= 15 is 0 Å². The van der Waals surface area contributed by atoms with Crippen molar-refractivity contribution in [1.29, 1.82) is 0 Å². The van der Waals surface area contributed by atoms with Gasteiger partial charge in [-0.2, -0.15) is 0 Å². The van der Waals surface area contributed by atoms with Crippen LogP contribution >= 0.6 is 0 Å². The Hall–Kier alpha value is -3.06. The van der Waals surface area contributed by atoms with E-state index in [1.54, 1.807) is 22.3 Å². The SMILES string of the molecule is CC1=Cc2c(-c3cccc4ccccc34)cccc2[CH]1[Zr]([CH3])([CH3])(=[SiH2])[CH]1C(C)=C(C)c2c(-c3ccccc3)cccc21. The van der Waals surface area contributed by atoms with Crippen LogP contribution in [-0.2, 0) is 17.4 Å². The standard InChI is InChI=1S/C20H15.C17H15.2CH3.H2Si.Zr/c1-14-12-16-8-5-11-19(20(16)13-14)18-10-4-7-15-6-2-3-9-17(15)18;1-12-11-15-9-6-10-16(17(15)13(12)2)14-7-4-3-5-8-14;;;;/h2-13H,1H3;3-11H,1-2H3;2*1H3;1H2;. The van der Waals surface area contributed by atoms with Crippen molar-refractivity contribution in [3.8, 4) is 22.3 Å². The van der Waals surface area contributed by atoms with Crippen LogP contribution < -0.4 is 0 Å². The van der Waals surface area contributed by atoms with Gasteiger partial charge in [-0.25, -0.2) is 0 Å². The van der Waals surface area contributed by atoms with Crippen molar-refractivity contribution in [1.82, 2.24) is 0 Å². The van der Waals surface area contributed by atoms with Crippen molar-refractivity contribution >= 4 is 29.3 Å². The van der Waals surface area contributed by atoms with Crippen molar-refractivity contribution in [3.63, 3.8) is 0 Å². The van der Waals surface area contributed by atoms with E-state index in [0.29, 0.717) is 7.25 Å². The van der Waals surface area contributed by atoms with E-state index in [1.165, 1.54) is 49.7 Å². The summed E-state index contributed by atoms with van der Waals surface area (Å²) in [5.74, 6) is 0. The molecule has 0 saturated heterocycles. The Balaban J connectivity index is 1.41. The molecular formula is C39H38SiZr. The number of allylic oxidation sites excluding steroid dienone is 3. The van der Waals surface area contributed by atoms with Gasteiger partial charge in [-0.3, -0.25) is 0 Å². The van der Waals surface area contributed by atoms with Gasteiger partial charge in [0.25, 0.3) is 0 Å². The fraction of sp³-hybridized carbons (Fsp3) is 0.179. The number of benzene rings is 5. The maximum absolute atomic E-state index is 3.60. The van der Waals surface area contributed by atoms with Crippen LogP contribution in [0.25, 0.3) is 44.7 Å². The summed E-state index contributed by atoms with van der Waals surface area (Å²) in [5, 5.41) is 2.64. The molecule has 41 heavy (non-hydrogen) atoms. The van der Waals surface area contributed by atoms with E-state index in [9.17, 15) is 0 Å². The van der Waals surface area contributed by atoms with Gasteiger partial charge in [-0.15, -0.1) is 0 Å². The van der Waals surface area contributed by atoms with Gasteiger partial charge in [-0.05, 0) is 0 Å². The van der Waals surface area contributed by atoms with Gasteiger partial charge in [0, 0.05) is 0 Å². The minimum atomic E-state index is -3.60. The molecule has 0 saturated carbocycles. The van der Waals surface area contributed by atoms with E-state index < -0.39 is 17.4 Å². The Morgan fingerprint density at radius 3 is 1.98 bits per heavy atom. The Labute approximate surface area is 247 Å². The molecule has 0 aromatic heterocycles. The van der Waals surface area contributed by atoms with Crippen LogP contribution in [0.15, 0.2) is 120 Å². The zero-order valence-electron chi connectivity index (χ0n) is 24.8. The number of rotatable bonds is 4. The quantitative estimate of drug-likeness (QED) is 0.174. The molecular weight excluding hydrogens is 588 g/mol. The van der Waals surface area contributed by atoms with Crippen molar-refractivity contribution in [2.24, 2.45) is 0 Å². The van der Waals surface area contributed by atoms with Gasteiger partial charge in [0.2, 0.25) is 0 Å². The first-order valence-electron chi connectivity index (χ1n) is 14.9. The molecule has 0 bridgehead atoms. The molecule has 0 fully saturated rings. The average molecular weight is 626 g/mol. The second-order valence-corrected chi connectivity index (χ2v) is 43.9. The molecule has 202 valence electrons. The maximum atomic E-state index is 2.74. The Morgan fingerprint density at radius 1 is 0.585 bits per heavy atom. The summed E-state index contributed by atoms with van der Waals surface area (Å²) in [4.78, 5) is 0. The first-order valence-corrected chi connectivity index (χ1v) is 28.6. The first kappa shape index (κ1) is 26.8. The van der Waals surface area contributed by atoms with Crippen molar-refractivity contribution in [2.45, 2.75) is 37.3 Å². The van der Waals surface area contributed by atoms with Crippen LogP contribution in [0.4, 0.5) is 0 Å². The van der Waals surface area contributed by atoms with Crippen molar-refractivity contribution < 1.29 is 17.4 Å². The molecule has 0 aliphatic heterocycles. The van der Waals surface area contributed by atoms with Crippen molar-refractivity contribution in [3.05, 3.63) is 143 Å². The third-order valence-corrected chi connectivity index (χ3v) is 28.0. The van der Waals surface area contributed by atoms with E-state index in [4.69, 9.17) is 0 Å². The van der Waals surface area contributed by atoms with Gasteiger partial charge >= 0.3 is 249 Å². The van der Waals surface area contributed by atoms with Crippen LogP contribution in [0.3, 0.4) is 0 Å². The van der Waals surface area contributed by atoms with Crippen LogP contribution in [-0.4, -0.2) is 6.88 Å². The summed E-state index contributed by atoms with van der Waals surface area (Å²) in [5.41, 5.74) is 16.1. The molecule has 0 N–H and O–H groups in total. The number of fused-ring (bicyclic) bond motifs is 3. The van der Waals surface area contributed by atoms with E-state index in [0.717, 1.165) is 0 Å². The first-order chi connectivity index (χ1) is 19.7. The molecule has 5 aromatic rings. The Kier molecular flexibility index (Phi) is 6.20. The van der Waals surface area contributed by atoms with Crippen LogP contribution in [0.1, 0.15) is 50.3 Å². The van der Waals surface area contributed by atoms with Crippen LogP contribution in [0.5, 0.6) is 0 Å². The molecule has 5 aromatic carbocycles. The average Bonchev–Trinajstić information content (AvgIpc) is 3.47. The monoisotopic (exact) mass is 624 g/mol. The number of hydrogen-bond donors (Lipinski definition) is 0. The van der Waals surface area contributed by atoms with Gasteiger partial charge in [0.1, 0.15) is 0 Å². The van der Waals surface area contributed by atoms with Crippen LogP contribution in [0.2, 0.25) is 9.26 Å². The second kappa shape index (κ2) is 9.48. The normalized spacial score (nSPS) is 18.4. The molecule has 7 rings (SSSR count). The molecule has 0 nitrogen and oxygen atoms in total. The molecule has 2 aliphatic carbocycles. The Morgan fingerprint density at radius 2 is 1.20 bits per heavy atom. The van der Waals surface area contributed by atoms with Gasteiger partial charge in [-0.1, -0.05) is 0 Å². The van der Waals surface area contributed by atoms with E-state index in [-0.39, 0.29) is 0 Å². The minimum absolute atomic E-state index is 0.513. The molecule has 2 aliphatic rings. The van der Waals surface area contributed by atoms with Crippen LogP contribution in [0, 0.1) is 0 Å². The third-order valence-electron chi connectivity index (χ3n) is 10.1. The van der Waals surface area contributed by atoms with E-state index in [1.807, 2.05) is 0 Å².